The van der Waals surface area contributed by atoms with Crippen LogP contribution in [0, 0.1) is 23.7 Å². The highest BCUT2D eigenvalue weighted by Crippen LogP contribution is 2.36. The van der Waals surface area contributed by atoms with E-state index in [-0.39, 0.29) is 29.6 Å². The van der Waals surface area contributed by atoms with Gasteiger partial charge in [-0.3, -0.25) is 14.2 Å². The molecule has 1 amide bonds. The number of carbonyl (C=O) groups is 1. The van der Waals surface area contributed by atoms with Crippen LogP contribution in [-0.2, 0) is 34.3 Å². The Bertz CT molecular complexity index is 1710. The fraction of sp³-hybridized carbons (Fsp3) is 0.231. The summed E-state index contributed by atoms with van der Waals surface area (Å²) >= 11 is 0. The molecule has 0 bridgehead atoms. The summed E-state index contributed by atoms with van der Waals surface area (Å²) in [6.45, 7) is 2.15. The lowest BCUT2D eigenvalue weighted by Crippen LogP contribution is -2.20. The number of carbonyl (C=O) groups excluding carboxylic acids is 1. The van der Waals surface area contributed by atoms with E-state index in [0.29, 0.717) is 29.7 Å². The van der Waals surface area contributed by atoms with Gasteiger partial charge in [-0.1, -0.05) is 18.1 Å². The number of aryl methyl sites for hydroxylation is 1. The number of methoxy groups -OCH3 is 1. The first-order valence-electron chi connectivity index (χ1n) is 11.7. The average Bonchev–Trinajstić information content (AvgIpc) is 3.56. The van der Waals surface area contributed by atoms with E-state index in [2.05, 4.69) is 20.3 Å². The molecule has 0 spiro atoms. The fourth-order valence-electron chi connectivity index (χ4n) is 3.81. The van der Waals surface area contributed by atoms with Crippen molar-refractivity contribution >= 4 is 32.7 Å². The van der Waals surface area contributed by atoms with Crippen LogP contribution in [0.2, 0.25) is 0 Å². The number of nitriles is 1. The van der Waals surface area contributed by atoms with Gasteiger partial charge in [0, 0.05) is 18.3 Å². The zero-order valence-corrected chi connectivity index (χ0v) is 21.9. The number of amides is 1. The maximum absolute atomic E-state index is 13.4. The summed E-state index contributed by atoms with van der Waals surface area (Å²) in [5.74, 6) is 1.78. The van der Waals surface area contributed by atoms with Crippen molar-refractivity contribution in [3.05, 3.63) is 59.4 Å². The number of benzene rings is 2. The Kier molecular flexibility index (Phi) is 8.03. The summed E-state index contributed by atoms with van der Waals surface area (Å²) in [4.78, 5) is 11.1. The van der Waals surface area contributed by atoms with Crippen LogP contribution in [-0.4, -0.2) is 43.0 Å². The molecule has 4 rings (SSSR count). The molecule has 0 fully saturated rings. The Labute approximate surface area is 224 Å². The van der Waals surface area contributed by atoms with Crippen molar-refractivity contribution in [2.75, 3.05) is 18.4 Å². The zero-order valence-electron chi connectivity index (χ0n) is 21.1. The number of sulfonamides is 1. The highest BCUT2D eigenvalue weighted by molar-refractivity contribution is 7.92. The van der Waals surface area contributed by atoms with E-state index in [0.717, 1.165) is 16.7 Å². The quantitative estimate of drug-likeness (QED) is 0.268. The second-order valence-corrected chi connectivity index (χ2v) is 9.91. The number of hydrogen-bond acceptors (Lipinski definition) is 9. The molecule has 2 aromatic heterocycles. The number of nitrogens with zero attached hydrogens (tertiary/aromatic N) is 4. The lowest BCUT2D eigenvalue weighted by atomic mass is 10.1. The Hall–Kier alpha value is -5.01. The molecule has 4 aromatic rings. The minimum absolute atomic E-state index is 0.0424. The van der Waals surface area contributed by atoms with Crippen molar-refractivity contribution in [1.82, 2.24) is 20.3 Å². The van der Waals surface area contributed by atoms with E-state index in [9.17, 15) is 13.2 Å². The van der Waals surface area contributed by atoms with Crippen LogP contribution >= 0.6 is 0 Å². The predicted molar refractivity (Wildman–Crippen MR) is 140 cm³/mol. The van der Waals surface area contributed by atoms with Gasteiger partial charge >= 0.3 is 0 Å². The van der Waals surface area contributed by atoms with Crippen molar-refractivity contribution in [3.63, 3.8) is 0 Å². The number of nitrogens with one attached hydrogen (secondary N) is 2. The molecular weight excluding hydrogens is 524 g/mol. The van der Waals surface area contributed by atoms with Crippen LogP contribution in [0.1, 0.15) is 23.6 Å². The van der Waals surface area contributed by atoms with E-state index >= 15 is 0 Å². The number of terminal acetylenes is 1. The fourth-order valence-corrected chi connectivity index (χ4v) is 5.01. The van der Waals surface area contributed by atoms with Gasteiger partial charge in [-0.25, -0.2) is 8.42 Å². The standard InChI is InChI=1S/C26H24N6O6S/c1-4-17-6-7-20(37-9-8-27)23(12-17)39(34,35)31-26-25-21(36-3)10-18(11-22(25)38-30-26)15-32-16-19(14-29-32)13-28-24(33)5-2/h2,6-7,10-12,14,16H,4,9,13,15H2,1,3H3,(H,28,33)(H,30,31). The molecule has 2 aromatic carbocycles. The van der Waals surface area contributed by atoms with Crippen molar-refractivity contribution < 1.29 is 27.2 Å². The van der Waals surface area contributed by atoms with E-state index in [1.807, 2.05) is 18.9 Å². The number of ether oxygens (including phenoxy) is 2. The Morgan fingerprint density at radius 2 is 2.03 bits per heavy atom. The first-order chi connectivity index (χ1) is 18.8. The molecular formula is C26H24N6O6S. The lowest BCUT2D eigenvalue weighted by molar-refractivity contribution is -0.115. The summed E-state index contributed by atoms with van der Waals surface area (Å²) < 4.78 is 47.2. The Morgan fingerprint density at radius 3 is 2.74 bits per heavy atom. The van der Waals surface area contributed by atoms with Gasteiger partial charge in [-0.2, -0.15) is 10.4 Å². The van der Waals surface area contributed by atoms with E-state index in [4.69, 9.17) is 25.7 Å². The van der Waals surface area contributed by atoms with E-state index in [1.54, 1.807) is 35.3 Å². The monoisotopic (exact) mass is 548 g/mol. The van der Waals surface area contributed by atoms with Gasteiger partial charge in [0.2, 0.25) is 0 Å². The zero-order chi connectivity index (χ0) is 28.0. The van der Waals surface area contributed by atoms with Crippen molar-refractivity contribution in [1.29, 1.82) is 5.26 Å². The molecule has 2 N–H and O–H groups in total. The van der Waals surface area contributed by atoms with Crippen molar-refractivity contribution in [3.8, 4) is 29.9 Å². The largest absolute Gasteiger partial charge is 0.496 e. The van der Waals surface area contributed by atoms with Gasteiger partial charge in [0.05, 0.1) is 19.9 Å². The van der Waals surface area contributed by atoms with Gasteiger partial charge in [0.25, 0.3) is 15.9 Å². The Morgan fingerprint density at radius 1 is 1.21 bits per heavy atom. The summed E-state index contributed by atoms with van der Waals surface area (Å²) in [6, 6.07) is 9.99. The molecule has 0 saturated carbocycles. The molecule has 0 aliphatic heterocycles. The first-order valence-corrected chi connectivity index (χ1v) is 13.1. The smallest absolute Gasteiger partial charge is 0.295 e. The number of rotatable bonds is 11. The number of aromatic nitrogens is 3. The van der Waals surface area contributed by atoms with Crippen LogP contribution in [0.3, 0.4) is 0 Å². The van der Waals surface area contributed by atoms with Crippen LogP contribution < -0.4 is 19.5 Å². The summed E-state index contributed by atoms with van der Waals surface area (Å²) in [5.41, 5.74) is 2.56. The lowest BCUT2D eigenvalue weighted by Gasteiger charge is -2.13. The molecule has 200 valence electrons. The minimum Gasteiger partial charge on any atom is -0.496 e. The second kappa shape index (κ2) is 11.6. The van der Waals surface area contributed by atoms with E-state index in [1.165, 1.54) is 19.2 Å². The number of anilines is 1. The second-order valence-electron chi connectivity index (χ2n) is 8.26. The van der Waals surface area contributed by atoms with Gasteiger partial charge in [-0.15, -0.1) is 6.42 Å². The van der Waals surface area contributed by atoms with Crippen molar-refractivity contribution in [2.45, 2.75) is 31.3 Å². The summed E-state index contributed by atoms with van der Waals surface area (Å²) in [5, 5.41) is 20.0. The van der Waals surface area contributed by atoms with Crippen LogP contribution in [0.5, 0.6) is 11.5 Å². The normalized spacial score (nSPS) is 11.0. The highest BCUT2D eigenvalue weighted by Gasteiger charge is 2.25. The SMILES string of the molecule is C#CC(=O)NCc1cnn(Cc2cc(OC)c3c(NS(=O)(=O)c4cc(CC)ccc4OCC#N)noc3c2)c1. The molecule has 2 heterocycles. The van der Waals surface area contributed by atoms with E-state index < -0.39 is 15.9 Å². The van der Waals surface area contributed by atoms with Gasteiger partial charge < -0.3 is 19.3 Å². The highest BCUT2D eigenvalue weighted by atomic mass is 32.2. The molecule has 0 atom stereocenters. The first kappa shape index (κ1) is 27.0. The molecule has 0 saturated heterocycles. The van der Waals surface area contributed by atoms with Gasteiger partial charge in [-0.05, 0) is 47.7 Å². The van der Waals surface area contributed by atoms with Crippen molar-refractivity contribution in [2.24, 2.45) is 0 Å². The molecule has 39 heavy (non-hydrogen) atoms. The third-order valence-electron chi connectivity index (χ3n) is 5.66. The van der Waals surface area contributed by atoms with Gasteiger partial charge in [0.1, 0.15) is 27.8 Å². The van der Waals surface area contributed by atoms with Crippen LogP contribution in [0.15, 0.2) is 52.1 Å². The Balaban J connectivity index is 1.61. The molecule has 0 radical (unpaired) electrons. The number of hydrogen-bond donors (Lipinski definition) is 2. The maximum Gasteiger partial charge on any atom is 0.295 e. The topological polar surface area (TPSA) is 161 Å². The molecule has 13 heteroatoms. The third kappa shape index (κ3) is 6.11. The maximum atomic E-state index is 13.4. The minimum atomic E-state index is -4.18. The molecule has 0 aliphatic rings. The third-order valence-corrected chi connectivity index (χ3v) is 7.02. The molecule has 12 nitrogen and oxygen atoms in total. The molecule has 0 aliphatic carbocycles. The molecule has 0 unspecified atom stereocenters. The number of fused-ring (bicyclic) bond motifs is 1. The average molecular weight is 549 g/mol. The summed E-state index contributed by atoms with van der Waals surface area (Å²) in [7, 11) is -2.73. The van der Waals surface area contributed by atoms with Gasteiger partial charge in [0.15, 0.2) is 18.0 Å². The van der Waals surface area contributed by atoms with Crippen LogP contribution in [0.4, 0.5) is 5.82 Å². The van der Waals surface area contributed by atoms with Crippen LogP contribution in [0.25, 0.3) is 11.0 Å². The predicted octanol–water partition coefficient (Wildman–Crippen LogP) is 2.60. The summed E-state index contributed by atoms with van der Waals surface area (Å²) in [6.07, 6.45) is 9.01.